The number of thiazole rings is 1. The first kappa shape index (κ1) is 13.6. The van der Waals surface area contributed by atoms with Gasteiger partial charge in [-0.3, -0.25) is 0 Å². The van der Waals surface area contributed by atoms with Crippen LogP contribution in [0.5, 0.6) is 0 Å². The maximum absolute atomic E-state index is 13.3. The van der Waals surface area contributed by atoms with Crippen LogP contribution in [-0.2, 0) is 19.5 Å². The van der Waals surface area contributed by atoms with Gasteiger partial charge >= 0.3 is 0 Å². The van der Waals surface area contributed by atoms with Crippen LogP contribution in [0, 0.1) is 5.82 Å². The third kappa shape index (κ3) is 3.60. The predicted octanol–water partition coefficient (Wildman–Crippen LogP) is 3.90. The number of hydrogen-bond donors (Lipinski definition) is 1. The maximum Gasteiger partial charge on any atom is 0.137 e. The average molecular weight is 329 g/mol. The van der Waals surface area contributed by atoms with Crippen molar-refractivity contribution in [3.63, 3.8) is 0 Å². The lowest BCUT2D eigenvalue weighted by atomic mass is 10.2. The Morgan fingerprint density at radius 1 is 1.39 bits per heavy atom. The molecule has 0 amide bonds. The Labute approximate surface area is 118 Å². The number of nitrogens with zero attached hydrogens (tertiary/aromatic N) is 1. The van der Waals surface area contributed by atoms with Crippen molar-refractivity contribution in [2.24, 2.45) is 0 Å². The number of aryl methyl sites for hydroxylation is 1. The Hall–Kier alpha value is -0.780. The van der Waals surface area contributed by atoms with E-state index in [-0.39, 0.29) is 5.82 Å². The van der Waals surface area contributed by atoms with Crippen molar-refractivity contribution in [2.75, 3.05) is 0 Å². The van der Waals surface area contributed by atoms with Crippen molar-refractivity contribution in [3.05, 3.63) is 50.1 Å². The highest BCUT2D eigenvalue weighted by Crippen LogP contribution is 2.17. The van der Waals surface area contributed by atoms with Crippen LogP contribution in [0.3, 0.4) is 0 Å². The molecule has 2 aromatic rings. The normalized spacial score (nSPS) is 10.8. The summed E-state index contributed by atoms with van der Waals surface area (Å²) in [5.74, 6) is -0.225. The van der Waals surface area contributed by atoms with Crippen LogP contribution in [0.1, 0.15) is 22.4 Å². The van der Waals surface area contributed by atoms with Gasteiger partial charge in [0.15, 0.2) is 0 Å². The van der Waals surface area contributed by atoms with E-state index in [0.29, 0.717) is 11.0 Å². The Balaban J connectivity index is 1.86. The molecule has 0 bridgehead atoms. The number of halogens is 2. The molecule has 0 aliphatic rings. The summed E-state index contributed by atoms with van der Waals surface area (Å²) >= 11 is 4.86. The van der Waals surface area contributed by atoms with Gasteiger partial charge in [-0.1, -0.05) is 13.0 Å². The fourth-order valence-corrected chi connectivity index (χ4v) is 2.64. The van der Waals surface area contributed by atoms with Gasteiger partial charge in [-0.25, -0.2) is 9.37 Å². The highest BCUT2D eigenvalue weighted by atomic mass is 79.9. The molecule has 2 nitrogen and oxygen atoms in total. The van der Waals surface area contributed by atoms with E-state index < -0.39 is 0 Å². The van der Waals surface area contributed by atoms with E-state index in [2.05, 4.69) is 33.2 Å². The number of hydrogen-bond acceptors (Lipinski definition) is 3. The molecule has 1 aromatic carbocycles. The summed E-state index contributed by atoms with van der Waals surface area (Å²) in [6.07, 6.45) is 2.94. The van der Waals surface area contributed by atoms with Crippen LogP contribution in [0.4, 0.5) is 4.39 Å². The monoisotopic (exact) mass is 328 g/mol. The van der Waals surface area contributed by atoms with Gasteiger partial charge in [0.05, 0.1) is 4.47 Å². The van der Waals surface area contributed by atoms with Crippen LogP contribution < -0.4 is 5.32 Å². The first-order valence-corrected chi connectivity index (χ1v) is 7.38. The lowest BCUT2D eigenvalue weighted by Gasteiger charge is -2.04. The predicted molar refractivity (Wildman–Crippen MR) is 76.1 cm³/mol. The van der Waals surface area contributed by atoms with E-state index in [4.69, 9.17) is 0 Å². The van der Waals surface area contributed by atoms with E-state index in [1.54, 1.807) is 17.4 Å². The van der Waals surface area contributed by atoms with Crippen molar-refractivity contribution in [2.45, 2.75) is 26.4 Å². The highest BCUT2D eigenvalue weighted by molar-refractivity contribution is 9.10. The molecule has 5 heteroatoms. The quantitative estimate of drug-likeness (QED) is 0.900. The zero-order valence-corrected chi connectivity index (χ0v) is 12.4. The molecule has 0 aliphatic heterocycles. The molecule has 96 valence electrons. The molecule has 1 N–H and O–H groups in total. The van der Waals surface area contributed by atoms with Gasteiger partial charge in [-0.05, 0) is 40.0 Å². The van der Waals surface area contributed by atoms with Gasteiger partial charge in [0.1, 0.15) is 10.8 Å². The van der Waals surface area contributed by atoms with Gasteiger partial charge in [0, 0.05) is 24.2 Å². The smallest absolute Gasteiger partial charge is 0.137 e. The largest absolute Gasteiger partial charge is 0.306 e. The fourth-order valence-electron chi connectivity index (χ4n) is 1.56. The van der Waals surface area contributed by atoms with E-state index in [1.165, 1.54) is 10.9 Å². The Kier molecular flexibility index (Phi) is 4.86. The molecule has 0 atom stereocenters. The summed E-state index contributed by atoms with van der Waals surface area (Å²) in [7, 11) is 0. The molecule has 1 aromatic heterocycles. The SMILES string of the molecule is CCc1cnc(CNCc2ccc(Br)c(F)c2)s1. The van der Waals surface area contributed by atoms with Gasteiger partial charge in [-0.2, -0.15) is 0 Å². The van der Waals surface area contributed by atoms with Crippen LogP contribution in [0.15, 0.2) is 28.9 Å². The number of rotatable bonds is 5. The second-order valence-corrected chi connectivity index (χ2v) is 5.98. The lowest BCUT2D eigenvalue weighted by molar-refractivity contribution is 0.613. The first-order chi connectivity index (χ1) is 8.69. The van der Waals surface area contributed by atoms with E-state index in [0.717, 1.165) is 23.5 Å². The lowest BCUT2D eigenvalue weighted by Crippen LogP contribution is -2.12. The van der Waals surface area contributed by atoms with Crippen molar-refractivity contribution in [1.29, 1.82) is 0 Å². The molecular weight excluding hydrogens is 315 g/mol. The van der Waals surface area contributed by atoms with Crippen molar-refractivity contribution in [1.82, 2.24) is 10.3 Å². The molecule has 0 radical (unpaired) electrons. The van der Waals surface area contributed by atoms with Gasteiger partial charge in [0.2, 0.25) is 0 Å². The zero-order chi connectivity index (χ0) is 13.0. The summed E-state index contributed by atoms with van der Waals surface area (Å²) in [5, 5.41) is 4.34. The molecule has 0 unspecified atom stereocenters. The Morgan fingerprint density at radius 3 is 2.89 bits per heavy atom. The second kappa shape index (κ2) is 6.41. The molecule has 0 saturated heterocycles. The summed E-state index contributed by atoms with van der Waals surface area (Å²) in [5.41, 5.74) is 0.933. The summed E-state index contributed by atoms with van der Waals surface area (Å²) in [6.45, 7) is 3.49. The van der Waals surface area contributed by atoms with E-state index in [1.807, 2.05) is 12.3 Å². The van der Waals surface area contributed by atoms with Crippen molar-refractivity contribution in [3.8, 4) is 0 Å². The van der Waals surface area contributed by atoms with Crippen LogP contribution in [-0.4, -0.2) is 4.98 Å². The van der Waals surface area contributed by atoms with E-state index in [9.17, 15) is 4.39 Å². The number of aromatic nitrogens is 1. The third-order valence-corrected chi connectivity index (χ3v) is 4.32. The standard InChI is InChI=1S/C13H14BrFN2S/c1-2-10-7-17-13(18-10)8-16-6-9-3-4-11(14)12(15)5-9/h3-5,7,16H,2,6,8H2,1H3. The molecule has 0 spiro atoms. The molecule has 1 heterocycles. The summed E-state index contributed by atoms with van der Waals surface area (Å²) in [4.78, 5) is 5.62. The van der Waals surface area contributed by atoms with Crippen LogP contribution >= 0.6 is 27.3 Å². The molecule has 0 aliphatic carbocycles. The zero-order valence-electron chi connectivity index (χ0n) is 10.0. The van der Waals surface area contributed by atoms with E-state index >= 15 is 0 Å². The Bertz CT molecular complexity index is 527. The Morgan fingerprint density at radius 2 is 2.22 bits per heavy atom. The first-order valence-electron chi connectivity index (χ1n) is 5.77. The topological polar surface area (TPSA) is 24.9 Å². The molecule has 0 saturated carbocycles. The fraction of sp³-hybridized carbons (Fsp3) is 0.308. The molecule has 2 rings (SSSR count). The summed E-state index contributed by atoms with van der Waals surface area (Å²) < 4.78 is 13.8. The number of nitrogens with one attached hydrogen (secondary N) is 1. The molecule has 18 heavy (non-hydrogen) atoms. The highest BCUT2D eigenvalue weighted by Gasteiger charge is 2.02. The van der Waals surface area contributed by atoms with Gasteiger partial charge in [-0.15, -0.1) is 11.3 Å². The maximum atomic E-state index is 13.3. The van der Waals surface area contributed by atoms with Gasteiger partial charge in [0.25, 0.3) is 0 Å². The van der Waals surface area contributed by atoms with Gasteiger partial charge < -0.3 is 5.32 Å². The molecule has 0 fully saturated rings. The minimum absolute atomic E-state index is 0.225. The minimum Gasteiger partial charge on any atom is -0.306 e. The number of benzene rings is 1. The van der Waals surface area contributed by atoms with Crippen LogP contribution in [0.2, 0.25) is 0 Å². The summed E-state index contributed by atoms with van der Waals surface area (Å²) in [6, 6.07) is 5.17. The minimum atomic E-state index is -0.225. The van der Waals surface area contributed by atoms with Crippen molar-refractivity contribution < 1.29 is 4.39 Å². The average Bonchev–Trinajstić information content (AvgIpc) is 2.82. The molecular formula is C13H14BrFN2S. The van der Waals surface area contributed by atoms with Crippen molar-refractivity contribution >= 4 is 27.3 Å². The third-order valence-electron chi connectivity index (χ3n) is 2.54. The second-order valence-electron chi connectivity index (χ2n) is 3.93. The van der Waals surface area contributed by atoms with Crippen LogP contribution in [0.25, 0.3) is 0 Å².